The third kappa shape index (κ3) is 5.30. The summed E-state index contributed by atoms with van der Waals surface area (Å²) in [6.07, 6.45) is 0.227. The van der Waals surface area contributed by atoms with E-state index in [0.717, 1.165) is 27.6 Å². The van der Waals surface area contributed by atoms with E-state index >= 15 is 0 Å². The van der Waals surface area contributed by atoms with Gasteiger partial charge in [-0.3, -0.25) is 4.79 Å². The number of thiazole rings is 1. The molecule has 1 amide bonds. The van der Waals surface area contributed by atoms with Crippen molar-refractivity contribution in [2.24, 2.45) is 0 Å². The molecule has 3 aromatic rings. The van der Waals surface area contributed by atoms with Gasteiger partial charge in [0.05, 0.1) is 39.0 Å². The van der Waals surface area contributed by atoms with Gasteiger partial charge < -0.3 is 19.5 Å². The van der Waals surface area contributed by atoms with Gasteiger partial charge in [-0.25, -0.2) is 4.98 Å². The smallest absolute Gasteiger partial charge is 0.226 e. The first-order valence-corrected chi connectivity index (χ1v) is 10.6. The summed E-state index contributed by atoms with van der Waals surface area (Å²) in [5, 5.41) is 5.77. The molecule has 0 aliphatic carbocycles. The lowest BCUT2D eigenvalue weighted by Gasteiger charge is -2.14. The molecule has 0 saturated carbocycles. The van der Waals surface area contributed by atoms with Crippen LogP contribution >= 0.6 is 11.3 Å². The van der Waals surface area contributed by atoms with E-state index in [9.17, 15) is 4.79 Å². The lowest BCUT2D eigenvalue weighted by atomic mass is 10.1. The van der Waals surface area contributed by atoms with E-state index in [1.807, 2.05) is 61.7 Å². The second-order valence-electron chi connectivity index (χ2n) is 6.68. The molecular formula is C23H26N2O4S. The van der Waals surface area contributed by atoms with Crippen molar-refractivity contribution in [3.8, 4) is 27.8 Å². The molecule has 158 valence electrons. The number of hydrogen-bond donors (Lipinski definition) is 1. The van der Waals surface area contributed by atoms with Gasteiger partial charge >= 0.3 is 0 Å². The molecule has 30 heavy (non-hydrogen) atoms. The lowest BCUT2D eigenvalue weighted by molar-refractivity contribution is -0.121. The van der Waals surface area contributed by atoms with Crippen LogP contribution in [0.4, 0.5) is 0 Å². The highest BCUT2D eigenvalue weighted by atomic mass is 32.1. The Morgan fingerprint density at radius 1 is 1.10 bits per heavy atom. The standard InChI is InChI=1S/C23H26N2O4S/c1-5-29-19-9-6-16(7-10-19)15(2)24-22(26)13-18-14-30-23(25-18)17-8-11-20(27-3)21(12-17)28-4/h6-12,14-15H,5,13H2,1-4H3,(H,24,26). The Morgan fingerprint density at radius 3 is 2.50 bits per heavy atom. The van der Waals surface area contributed by atoms with Gasteiger partial charge in [-0.15, -0.1) is 11.3 Å². The first-order chi connectivity index (χ1) is 14.5. The third-order valence-corrected chi connectivity index (χ3v) is 5.53. The van der Waals surface area contributed by atoms with Crippen LogP contribution in [0.2, 0.25) is 0 Å². The first-order valence-electron chi connectivity index (χ1n) is 9.73. The fourth-order valence-electron chi connectivity index (χ4n) is 3.05. The van der Waals surface area contributed by atoms with Gasteiger partial charge in [0, 0.05) is 10.9 Å². The number of nitrogens with zero attached hydrogens (tertiary/aromatic N) is 1. The van der Waals surface area contributed by atoms with Crippen LogP contribution in [-0.4, -0.2) is 31.7 Å². The predicted octanol–water partition coefficient (Wildman–Crippen LogP) is 4.65. The van der Waals surface area contributed by atoms with Crippen molar-refractivity contribution in [1.29, 1.82) is 0 Å². The zero-order chi connectivity index (χ0) is 21.5. The molecular weight excluding hydrogens is 400 g/mol. The Labute approximate surface area is 180 Å². The van der Waals surface area contributed by atoms with E-state index in [0.29, 0.717) is 18.1 Å². The van der Waals surface area contributed by atoms with Crippen LogP contribution in [0.5, 0.6) is 17.2 Å². The van der Waals surface area contributed by atoms with Crippen molar-refractivity contribution in [1.82, 2.24) is 10.3 Å². The van der Waals surface area contributed by atoms with E-state index in [2.05, 4.69) is 10.3 Å². The molecule has 2 aromatic carbocycles. The molecule has 0 aliphatic heterocycles. The molecule has 1 heterocycles. The van der Waals surface area contributed by atoms with Crippen molar-refractivity contribution in [2.45, 2.75) is 26.3 Å². The van der Waals surface area contributed by atoms with Crippen LogP contribution in [0.25, 0.3) is 10.6 Å². The highest BCUT2D eigenvalue weighted by Crippen LogP contribution is 2.33. The van der Waals surface area contributed by atoms with Crippen LogP contribution in [0.1, 0.15) is 31.1 Å². The van der Waals surface area contributed by atoms with E-state index in [-0.39, 0.29) is 18.4 Å². The number of carbonyl (C=O) groups excluding carboxylic acids is 1. The first kappa shape index (κ1) is 21.6. The van der Waals surface area contributed by atoms with Crippen molar-refractivity contribution < 1.29 is 19.0 Å². The van der Waals surface area contributed by atoms with Gasteiger partial charge in [-0.1, -0.05) is 12.1 Å². The normalized spacial score (nSPS) is 11.6. The van der Waals surface area contributed by atoms with E-state index in [1.165, 1.54) is 11.3 Å². The summed E-state index contributed by atoms with van der Waals surface area (Å²) in [6.45, 7) is 4.54. The fraction of sp³-hybridized carbons (Fsp3) is 0.304. The third-order valence-electron chi connectivity index (χ3n) is 4.59. The Morgan fingerprint density at radius 2 is 1.83 bits per heavy atom. The van der Waals surface area contributed by atoms with Gasteiger partial charge in [0.15, 0.2) is 11.5 Å². The van der Waals surface area contributed by atoms with Crippen LogP contribution < -0.4 is 19.5 Å². The summed E-state index contributed by atoms with van der Waals surface area (Å²) in [6, 6.07) is 13.3. The van der Waals surface area contributed by atoms with E-state index < -0.39 is 0 Å². The highest BCUT2D eigenvalue weighted by molar-refractivity contribution is 7.13. The Balaban J connectivity index is 1.62. The fourth-order valence-corrected chi connectivity index (χ4v) is 3.87. The maximum absolute atomic E-state index is 12.5. The minimum Gasteiger partial charge on any atom is -0.494 e. The van der Waals surface area contributed by atoms with Crippen molar-refractivity contribution in [3.05, 3.63) is 59.1 Å². The Hall–Kier alpha value is -3.06. The van der Waals surface area contributed by atoms with Crippen LogP contribution in [0.15, 0.2) is 47.8 Å². The molecule has 1 atom stereocenters. The summed E-state index contributed by atoms with van der Waals surface area (Å²) in [7, 11) is 3.21. The molecule has 6 nitrogen and oxygen atoms in total. The van der Waals surface area contributed by atoms with Crippen molar-refractivity contribution in [3.63, 3.8) is 0 Å². The zero-order valence-electron chi connectivity index (χ0n) is 17.6. The van der Waals surface area contributed by atoms with Crippen LogP contribution in [-0.2, 0) is 11.2 Å². The van der Waals surface area contributed by atoms with Gasteiger partial charge in [0.1, 0.15) is 10.8 Å². The van der Waals surface area contributed by atoms with Crippen molar-refractivity contribution >= 4 is 17.2 Å². The summed E-state index contributed by atoms with van der Waals surface area (Å²) < 4.78 is 16.1. The number of carbonyl (C=O) groups is 1. The SMILES string of the molecule is CCOc1ccc(C(C)NC(=O)Cc2csc(-c3ccc(OC)c(OC)c3)n2)cc1. The van der Waals surface area contributed by atoms with Gasteiger partial charge in [0.2, 0.25) is 5.91 Å². The second kappa shape index (κ2) is 10.1. The number of benzene rings is 2. The summed E-state index contributed by atoms with van der Waals surface area (Å²) in [5.41, 5.74) is 2.68. The van der Waals surface area contributed by atoms with Crippen molar-refractivity contribution in [2.75, 3.05) is 20.8 Å². The highest BCUT2D eigenvalue weighted by Gasteiger charge is 2.14. The number of amides is 1. The quantitative estimate of drug-likeness (QED) is 0.540. The minimum atomic E-state index is -0.0999. The predicted molar refractivity (Wildman–Crippen MR) is 119 cm³/mol. The molecule has 1 unspecified atom stereocenters. The molecule has 3 rings (SSSR count). The molecule has 1 aromatic heterocycles. The average molecular weight is 427 g/mol. The summed E-state index contributed by atoms with van der Waals surface area (Å²) in [5.74, 6) is 2.07. The molecule has 0 saturated heterocycles. The molecule has 1 N–H and O–H groups in total. The zero-order valence-corrected chi connectivity index (χ0v) is 18.4. The summed E-state index contributed by atoms with van der Waals surface area (Å²) >= 11 is 1.50. The number of nitrogens with one attached hydrogen (secondary N) is 1. The van der Waals surface area contributed by atoms with E-state index in [4.69, 9.17) is 14.2 Å². The molecule has 0 bridgehead atoms. The molecule has 0 aliphatic rings. The monoisotopic (exact) mass is 426 g/mol. The molecule has 0 fully saturated rings. The van der Waals surface area contributed by atoms with Crippen LogP contribution in [0, 0.1) is 0 Å². The topological polar surface area (TPSA) is 69.7 Å². The lowest BCUT2D eigenvalue weighted by Crippen LogP contribution is -2.28. The second-order valence-corrected chi connectivity index (χ2v) is 7.54. The largest absolute Gasteiger partial charge is 0.494 e. The maximum Gasteiger partial charge on any atom is 0.226 e. The average Bonchev–Trinajstić information content (AvgIpc) is 3.22. The molecule has 0 radical (unpaired) electrons. The number of ether oxygens (including phenoxy) is 3. The van der Waals surface area contributed by atoms with E-state index in [1.54, 1.807) is 14.2 Å². The Kier molecular flexibility index (Phi) is 7.30. The number of hydrogen-bond acceptors (Lipinski definition) is 6. The van der Waals surface area contributed by atoms with Gasteiger partial charge in [0.25, 0.3) is 0 Å². The minimum absolute atomic E-state index is 0.0689. The maximum atomic E-state index is 12.5. The molecule has 0 spiro atoms. The number of rotatable bonds is 9. The summed E-state index contributed by atoms with van der Waals surface area (Å²) in [4.78, 5) is 17.1. The van der Waals surface area contributed by atoms with Gasteiger partial charge in [-0.05, 0) is 49.7 Å². The Bertz CT molecular complexity index is 985. The number of methoxy groups -OCH3 is 2. The molecule has 7 heteroatoms. The van der Waals surface area contributed by atoms with Gasteiger partial charge in [-0.2, -0.15) is 0 Å². The van der Waals surface area contributed by atoms with Crippen LogP contribution in [0.3, 0.4) is 0 Å². The number of aromatic nitrogens is 1.